The number of aliphatic hydroxyl groups excluding tert-OH is 1. The molecule has 0 fully saturated rings. The SMILES string of the molecule is O=C(Nc1ccccc1C(=O)C(O)c1ccccc1)c1sc2ccccc2c1Cl. The fourth-order valence-corrected chi connectivity index (χ4v) is 4.49. The van der Waals surface area contributed by atoms with E-state index >= 15 is 0 Å². The average Bonchev–Trinajstić information content (AvgIpc) is 3.10. The minimum atomic E-state index is -1.32. The molecule has 4 aromatic rings. The van der Waals surface area contributed by atoms with Crippen LogP contribution in [0.15, 0.2) is 78.9 Å². The molecule has 0 bridgehead atoms. The van der Waals surface area contributed by atoms with Gasteiger partial charge in [0.2, 0.25) is 0 Å². The molecule has 1 amide bonds. The van der Waals surface area contributed by atoms with E-state index in [4.69, 9.17) is 11.6 Å². The fraction of sp³-hybridized carbons (Fsp3) is 0.0435. The third-order valence-corrected chi connectivity index (χ3v) is 6.22. The van der Waals surface area contributed by atoms with Crippen molar-refractivity contribution in [3.8, 4) is 0 Å². The minimum Gasteiger partial charge on any atom is -0.380 e. The Hall–Kier alpha value is -2.99. The van der Waals surface area contributed by atoms with Crippen molar-refractivity contribution in [1.82, 2.24) is 0 Å². The first-order chi connectivity index (χ1) is 14.1. The normalized spacial score (nSPS) is 11.9. The van der Waals surface area contributed by atoms with E-state index in [2.05, 4.69) is 5.32 Å². The summed E-state index contributed by atoms with van der Waals surface area (Å²) < 4.78 is 0.909. The highest BCUT2D eigenvalue weighted by Gasteiger charge is 2.23. The number of fused-ring (bicyclic) bond motifs is 1. The van der Waals surface area contributed by atoms with Gasteiger partial charge in [-0.1, -0.05) is 72.3 Å². The zero-order chi connectivity index (χ0) is 20.4. The van der Waals surface area contributed by atoms with E-state index in [1.54, 1.807) is 48.5 Å². The summed E-state index contributed by atoms with van der Waals surface area (Å²) in [4.78, 5) is 26.1. The van der Waals surface area contributed by atoms with E-state index in [9.17, 15) is 14.7 Å². The van der Waals surface area contributed by atoms with Gasteiger partial charge in [-0.05, 0) is 23.8 Å². The predicted molar refractivity (Wildman–Crippen MR) is 117 cm³/mol. The Morgan fingerprint density at radius 3 is 2.31 bits per heavy atom. The molecule has 0 aliphatic rings. The summed E-state index contributed by atoms with van der Waals surface area (Å²) in [6, 6.07) is 22.8. The number of para-hydroxylation sites is 1. The van der Waals surface area contributed by atoms with Crippen molar-refractivity contribution in [2.24, 2.45) is 0 Å². The molecule has 3 aromatic carbocycles. The maximum atomic E-state index is 12.9. The van der Waals surface area contributed by atoms with Gasteiger partial charge in [0.1, 0.15) is 11.0 Å². The predicted octanol–water partition coefficient (Wildman–Crippen LogP) is 5.72. The molecule has 4 nitrogen and oxygen atoms in total. The minimum absolute atomic E-state index is 0.231. The lowest BCUT2D eigenvalue weighted by molar-refractivity contribution is 0.0748. The van der Waals surface area contributed by atoms with Crippen molar-refractivity contribution in [2.75, 3.05) is 5.32 Å². The third-order valence-electron chi connectivity index (χ3n) is 4.55. The molecule has 0 spiro atoms. The molecule has 6 heteroatoms. The Kier molecular flexibility index (Phi) is 5.45. The highest BCUT2D eigenvalue weighted by Crippen LogP contribution is 2.36. The topological polar surface area (TPSA) is 66.4 Å². The number of aliphatic hydroxyl groups is 1. The van der Waals surface area contributed by atoms with Gasteiger partial charge in [0.25, 0.3) is 5.91 Å². The molecule has 0 radical (unpaired) electrons. The number of rotatable bonds is 5. The average molecular weight is 422 g/mol. The summed E-state index contributed by atoms with van der Waals surface area (Å²) in [6.07, 6.45) is -1.32. The van der Waals surface area contributed by atoms with Crippen LogP contribution in [0, 0.1) is 0 Å². The largest absolute Gasteiger partial charge is 0.380 e. The van der Waals surface area contributed by atoms with Gasteiger partial charge in [-0.25, -0.2) is 0 Å². The van der Waals surface area contributed by atoms with E-state index in [0.717, 1.165) is 10.1 Å². The number of benzene rings is 3. The van der Waals surface area contributed by atoms with Crippen LogP contribution >= 0.6 is 22.9 Å². The quantitative estimate of drug-likeness (QED) is 0.405. The van der Waals surface area contributed by atoms with Crippen LogP contribution in [0.1, 0.15) is 31.7 Å². The van der Waals surface area contributed by atoms with Crippen molar-refractivity contribution in [2.45, 2.75) is 6.10 Å². The number of Topliss-reactive ketones (excluding diaryl/α,β-unsaturated/α-hetero) is 1. The second-order valence-electron chi connectivity index (χ2n) is 6.42. The van der Waals surface area contributed by atoms with E-state index < -0.39 is 17.8 Å². The van der Waals surface area contributed by atoms with Crippen molar-refractivity contribution in [3.63, 3.8) is 0 Å². The summed E-state index contributed by atoms with van der Waals surface area (Å²) in [6.45, 7) is 0. The first-order valence-corrected chi connectivity index (χ1v) is 10.1. The molecule has 0 saturated carbocycles. The van der Waals surface area contributed by atoms with Crippen molar-refractivity contribution >= 4 is 50.4 Å². The molecule has 4 rings (SSSR count). The summed E-state index contributed by atoms with van der Waals surface area (Å²) >= 11 is 7.68. The molecule has 144 valence electrons. The second kappa shape index (κ2) is 8.17. The van der Waals surface area contributed by atoms with Crippen LogP contribution in [0.2, 0.25) is 5.02 Å². The van der Waals surface area contributed by atoms with Crippen LogP contribution < -0.4 is 5.32 Å². The first-order valence-electron chi connectivity index (χ1n) is 8.91. The van der Waals surface area contributed by atoms with Gasteiger partial charge >= 0.3 is 0 Å². The number of halogens is 1. The molecule has 1 aromatic heterocycles. The van der Waals surface area contributed by atoms with Gasteiger partial charge in [-0.3, -0.25) is 9.59 Å². The number of ketones is 1. The number of hydrogen-bond acceptors (Lipinski definition) is 4. The van der Waals surface area contributed by atoms with Gasteiger partial charge in [0, 0.05) is 15.6 Å². The lowest BCUT2D eigenvalue weighted by Crippen LogP contribution is -2.17. The van der Waals surface area contributed by atoms with E-state index in [-0.39, 0.29) is 5.56 Å². The van der Waals surface area contributed by atoms with Crippen molar-refractivity contribution < 1.29 is 14.7 Å². The molecule has 0 aliphatic heterocycles. The summed E-state index contributed by atoms with van der Waals surface area (Å²) in [5.74, 6) is -0.889. The number of amides is 1. The molecule has 0 saturated heterocycles. The zero-order valence-corrected chi connectivity index (χ0v) is 16.7. The highest BCUT2D eigenvalue weighted by molar-refractivity contribution is 7.21. The van der Waals surface area contributed by atoms with Gasteiger partial charge in [0.05, 0.1) is 10.7 Å². The Labute approximate surface area is 176 Å². The fourth-order valence-electron chi connectivity index (χ4n) is 3.08. The van der Waals surface area contributed by atoms with Gasteiger partial charge < -0.3 is 10.4 Å². The van der Waals surface area contributed by atoms with Crippen LogP contribution in [-0.2, 0) is 0 Å². The molecular weight excluding hydrogens is 406 g/mol. The summed E-state index contributed by atoms with van der Waals surface area (Å²) in [5, 5.41) is 14.4. The lowest BCUT2D eigenvalue weighted by Gasteiger charge is -2.14. The molecule has 1 atom stereocenters. The second-order valence-corrected chi connectivity index (χ2v) is 7.85. The van der Waals surface area contributed by atoms with Crippen LogP contribution in [-0.4, -0.2) is 16.8 Å². The van der Waals surface area contributed by atoms with E-state index in [1.165, 1.54) is 11.3 Å². The number of nitrogens with one attached hydrogen (secondary N) is 1. The maximum absolute atomic E-state index is 12.9. The van der Waals surface area contributed by atoms with Crippen molar-refractivity contribution in [1.29, 1.82) is 0 Å². The van der Waals surface area contributed by atoms with Gasteiger partial charge in [-0.2, -0.15) is 0 Å². The van der Waals surface area contributed by atoms with Crippen LogP contribution in [0.5, 0.6) is 0 Å². The smallest absolute Gasteiger partial charge is 0.267 e. The monoisotopic (exact) mass is 421 g/mol. The zero-order valence-electron chi connectivity index (χ0n) is 15.1. The maximum Gasteiger partial charge on any atom is 0.267 e. The Bertz CT molecular complexity index is 1200. The number of hydrogen-bond donors (Lipinski definition) is 2. The molecule has 1 heterocycles. The Morgan fingerprint density at radius 2 is 1.55 bits per heavy atom. The van der Waals surface area contributed by atoms with Gasteiger partial charge in [-0.15, -0.1) is 11.3 Å². The number of carbonyl (C=O) groups is 2. The standard InChI is InChI=1S/C23H16ClNO3S/c24-19-16-11-5-7-13-18(16)29-22(19)23(28)25-17-12-6-4-10-15(17)21(27)20(26)14-8-2-1-3-9-14/h1-13,20,26H,(H,25,28). The molecule has 0 aliphatic carbocycles. The van der Waals surface area contributed by atoms with Crippen LogP contribution in [0.3, 0.4) is 0 Å². The Morgan fingerprint density at radius 1 is 0.897 bits per heavy atom. The summed E-state index contributed by atoms with van der Waals surface area (Å²) in [5.41, 5.74) is 1.05. The first kappa shape index (κ1) is 19.3. The van der Waals surface area contributed by atoms with E-state index in [1.807, 2.05) is 30.3 Å². The number of carbonyl (C=O) groups excluding carboxylic acids is 2. The Balaban J connectivity index is 1.64. The van der Waals surface area contributed by atoms with Crippen molar-refractivity contribution in [3.05, 3.63) is 99.9 Å². The summed E-state index contributed by atoms with van der Waals surface area (Å²) in [7, 11) is 0. The molecule has 2 N–H and O–H groups in total. The van der Waals surface area contributed by atoms with Crippen LogP contribution in [0.25, 0.3) is 10.1 Å². The lowest BCUT2D eigenvalue weighted by atomic mass is 9.98. The third kappa shape index (κ3) is 3.80. The van der Waals surface area contributed by atoms with E-state index in [0.29, 0.717) is 21.2 Å². The molecular formula is C23H16ClNO3S. The number of anilines is 1. The molecule has 29 heavy (non-hydrogen) atoms. The van der Waals surface area contributed by atoms with Crippen LogP contribution in [0.4, 0.5) is 5.69 Å². The highest BCUT2D eigenvalue weighted by atomic mass is 35.5. The molecule has 1 unspecified atom stereocenters. The number of thiophene rings is 1. The van der Waals surface area contributed by atoms with Gasteiger partial charge in [0.15, 0.2) is 5.78 Å².